The van der Waals surface area contributed by atoms with Gasteiger partial charge >= 0.3 is 0 Å². The van der Waals surface area contributed by atoms with Crippen LogP contribution in [0.5, 0.6) is 0 Å². The average molecular weight is 402 g/mol. The van der Waals surface area contributed by atoms with E-state index in [4.69, 9.17) is 0 Å². The number of piperazine rings is 1. The van der Waals surface area contributed by atoms with Crippen LogP contribution in [0.25, 0.3) is 0 Å². The Morgan fingerprint density at radius 1 is 1.03 bits per heavy atom. The molecule has 0 aliphatic carbocycles. The standard InChI is InChI=1S/C23H29F2N3O/c1-16(18-5-7-19(8-6-18)23(3,4)26-17(2)29)27-11-13-28(14-12-27)22-10-9-20(24)15-21(22)25/h5-10,15-16H,11-14H2,1-4H3,(H,26,29). The maximum Gasteiger partial charge on any atom is 0.217 e. The van der Waals surface area contributed by atoms with E-state index in [1.807, 2.05) is 18.7 Å². The molecule has 1 amide bonds. The molecule has 1 unspecified atom stereocenters. The van der Waals surface area contributed by atoms with Crippen molar-refractivity contribution >= 4 is 11.6 Å². The highest BCUT2D eigenvalue weighted by Gasteiger charge is 2.25. The molecule has 0 saturated carbocycles. The molecule has 1 aliphatic rings. The number of hydrogen-bond acceptors (Lipinski definition) is 3. The molecule has 156 valence electrons. The molecule has 2 aromatic carbocycles. The third kappa shape index (κ3) is 4.93. The van der Waals surface area contributed by atoms with Gasteiger partial charge in [0, 0.05) is 45.2 Å². The lowest BCUT2D eigenvalue weighted by atomic mass is 9.92. The smallest absolute Gasteiger partial charge is 0.217 e. The van der Waals surface area contributed by atoms with E-state index >= 15 is 0 Å². The lowest BCUT2D eigenvalue weighted by Gasteiger charge is -2.39. The van der Waals surface area contributed by atoms with Crippen molar-refractivity contribution < 1.29 is 13.6 Å². The van der Waals surface area contributed by atoms with E-state index < -0.39 is 17.2 Å². The first-order valence-corrected chi connectivity index (χ1v) is 10.0. The molecule has 1 atom stereocenters. The summed E-state index contributed by atoms with van der Waals surface area (Å²) in [5.74, 6) is -1.12. The number of amides is 1. The number of nitrogens with one attached hydrogen (secondary N) is 1. The normalized spacial score (nSPS) is 16.6. The van der Waals surface area contributed by atoms with Gasteiger partial charge in [0.25, 0.3) is 0 Å². The van der Waals surface area contributed by atoms with Crippen LogP contribution in [0.15, 0.2) is 42.5 Å². The van der Waals surface area contributed by atoms with Gasteiger partial charge in [0.15, 0.2) is 0 Å². The van der Waals surface area contributed by atoms with Gasteiger partial charge in [-0.1, -0.05) is 24.3 Å². The van der Waals surface area contributed by atoms with Crippen LogP contribution in [0.4, 0.5) is 14.5 Å². The summed E-state index contributed by atoms with van der Waals surface area (Å²) in [4.78, 5) is 15.8. The predicted octanol–water partition coefficient (Wildman–Crippen LogP) is 4.22. The fraction of sp³-hybridized carbons (Fsp3) is 0.435. The van der Waals surface area contributed by atoms with Crippen LogP contribution >= 0.6 is 0 Å². The van der Waals surface area contributed by atoms with Gasteiger partial charge in [-0.2, -0.15) is 0 Å². The lowest BCUT2D eigenvalue weighted by Crippen LogP contribution is -2.47. The van der Waals surface area contributed by atoms with E-state index in [0.29, 0.717) is 18.8 Å². The predicted molar refractivity (Wildman–Crippen MR) is 112 cm³/mol. The summed E-state index contributed by atoms with van der Waals surface area (Å²) in [5.41, 5.74) is 2.30. The molecule has 0 radical (unpaired) electrons. The second kappa shape index (κ2) is 8.49. The molecule has 4 nitrogen and oxygen atoms in total. The summed E-state index contributed by atoms with van der Waals surface area (Å²) >= 11 is 0. The Bertz CT molecular complexity index is 859. The number of carbonyl (C=O) groups excluding carboxylic acids is 1. The van der Waals surface area contributed by atoms with Crippen LogP contribution in [0.1, 0.15) is 44.9 Å². The summed E-state index contributed by atoms with van der Waals surface area (Å²) in [6, 6.07) is 12.3. The van der Waals surface area contributed by atoms with Gasteiger partial charge < -0.3 is 10.2 Å². The molecule has 1 N–H and O–H groups in total. The molecule has 3 rings (SSSR count). The summed E-state index contributed by atoms with van der Waals surface area (Å²) in [6.45, 7) is 10.7. The number of carbonyl (C=O) groups is 1. The van der Waals surface area contributed by atoms with E-state index in [1.165, 1.54) is 24.6 Å². The number of hydrogen-bond donors (Lipinski definition) is 1. The van der Waals surface area contributed by atoms with Crippen molar-refractivity contribution in [3.8, 4) is 0 Å². The first-order valence-electron chi connectivity index (χ1n) is 10.0. The number of anilines is 1. The fourth-order valence-electron chi connectivity index (χ4n) is 3.99. The highest BCUT2D eigenvalue weighted by molar-refractivity contribution is 5.74. The van der Waals surface area contributed by atoms with Crippen molar-refractivity contribution in [2.75, 3.05) is 31.1 Å². The Morgan fingerprint density at radius 3 is 2.21 bits per heavy atom. The van der Waals surface area contributed by atoms with Crippen molar-refractivity contribution in [2.45, 2.75) is 39.3 Å². The lowest BCUT2D eigenvalue weighted by molar-refractivity contribution is -0.120. The van der Waals surface area contributed by atoms with Gasteiger partial charge in [-0.25, -0.2) is 8.78 Å². The number of benzene rings is 2. The molecule has 0 bridgehead atoms. The topological polar surface area (TPSA) is 35.6 Å². The molecule has 1 saturated heterocycles. The van der Waals surface area contributed by atoms with Crippen LogP contribution in [0, 0.1) is 11.6 Å². The van der Waals surface area contributed by atoms with Gasteiger partial charge in [0.2, 0.25) is 5.91 Å². The van der Waals surface area contributed by atoms with E-state index in [-0.39, 0.29) is 11.9 Å². The molecule has 0 aromatic heterocycles. The molecule has 2 aromatic rings. The zero-order valence-corrected chi connectivity index (χ0v) is 17.5. The van der Waals surface area contributed by atoms with Crippen LogP contribution in [-0.2, 0) is 10.3 Å². The molecular formula is C23H29F2N3O. The SMILES string of the molecule is CC(=O)NC(C)(C)c1ccc(C(C)N2CCN(c3ccc(F)cc3F)CC2)cc1. The molecule has 0 spiro atoms. The van der Waals surface area contributed by atoms with E-state index in [1.54, 1.807) is 0 Å². The van der Waals surface area contributed by atoms with Crippen LogP contribution < -0.4 is 10.2 Å². The van der Waals surface area contributed by atoms with Gasteiger partial charge in [0.1, 0.15) is 11.6 Å². The number of halogens is 2. The summed E-state index contributed by atoms with van der Waals surface area (Å²) in [7, 11) is 0. The third-order valence-corrected chi connectivity index (χ3v) is 5.72. The van der Waals surface area contributed by atoms with Crippen LogP contribution in [-0.4, -0.2) is 37.0 Å². The molecule has 1 fully saturated rings. The van der Waals surface area contributed by atoms with Crippen LogP contribution in [0.2, 0.25) is 0 Å². The highest BCUT2D eigenvalue weighted by atomic mass is 19.1. The fourth-order valence-corrected chi connectivity index (χ4v) is 3.99. The third-order valence-electron chi connectivity index (χ3n) is 5.72. The number of nitrogens with zero attached hydrogens (tertiary/aromatic N) is 2. The van der Waals surface area contributed by atoms with Gasteiger partial charge in [-0.3, -0.25) is 9.69 Å². The molecule has 1 aliphatic heterocycles. The molecule has 29 heavy (non-hydrogen) atoms. The Morgan fingerprint density at radius 2 is 1.66 bits per heavy atom. The van der Waals surface area contributed by atoms with Crippen molar-refractivity contribution in [1.29, 1.82) is 0 Å². The summed E-state index contributed by atoms with van der Waals surface area (Å²) < 4.78 is 27.2. The zero-order chi connectivity index (χ0) is 21.2. The van der Waals surface area contributed by atoms with E-state index in [9.17, 15) is 13.6 Å². The molecule has 6 heteroatoms. The minimum absolute atomic E-state index is 0.0529. The highest BCUT2D eigenvalue weighted by Crippen LogP contribution is 2.27. The van der Waals surface area contributed by atoms with Crippen molar-refractivity contribution in [3.05, 3.63) is 65.2 Å². The summed E-state index contributed by atoms with van der Waals surface area (Å²) in [5, 5.41) is 2.97. The van der Waals surface area contributed by atoms with E-state index in [2.05, 4.69) is 41.4 Å². The first-order chi connectivity index (χ1) is 13.7. The molecular weight excluding hydrogens is 372 g/mol. The van der Waals surface area contributed by atoms with Crippen LogP contribution in [0.3, 0.4) is 0 Å². The average Bonchev–Trinajstić information content (AvgIpc) is 2.67. The Labute approximate surface area is 171 Å². The molecule has 1 heterocycles. The Kier molecular flexibility index (Phi) is 6.22. The quantitative estimate of drug-likeness (QED) is 0.815. The Hall–Kier alpha value is -2.47. The van der Waals surface area contributed by atoms with Crippen molar-refractivity contribution in [1.82, 2.24) is 10.2 Å². The first kappa shape index (κ1) is 21.2. The van der Waals surface area contributed by atoms with Gasteiger partial charge in [0.05, 0.1) is 11.2 Å². The Balaban J connectivity index is 1.63. The summed E-state index contributed by atoms with van der Waals surface area (Å²) in [6.07, 6.45) is 0. The second-order valence-electron chi connectivity index (χ2n) is 8.22. The van der Waals surface area contributed by atoms with Gasteiger partial charge in [-0.15, -0.1) is 0 Å². The minimum atomic E-state index is -0.552. The second-order valence-corrected chi connectivity index (χ2v) is 8.22. The zero-order valence-electron chi connectivity index (χ0n) is 17.5. The monoisotopic (exact) mass is 401 g/mol. The van der Waals surface area contributed by atoms with Crippen molar-refractivity contribution in [2.24, 2.45) is 0 Å². The van der Waals surface area contributed by atoms with E-state index in [0.717, 1.165) is 24.7 Å². The number of rotatable bonds is 5. The minimum Gasteiger partial charge on any atom is -0.367 e. The largest absolute Gasteiger partial charge is 0.367 e. The maximum absolute atomic E-state index is 14.0. The van der Waals surface area contributed by atoms with Crippen molar-refractivity contribution in [3.63, 3.8) is 0 Å². The van der Waals surface area contributed by atoms with Gasteiger partial charge in [-0.05, 0) is 44.0 Å². The maximum atomic E-state index is 14.0.